The number of carbonyl (C=O) groups is 2. The van der Waals surface area contributed by atoms with Gasteiger partial charge < -0.3 is 19.5 Å². The first-order valence-corrected chi connectivity index (χ1v) is 8.86. The zero-order valence-electron chi connectivity index (χ0n) is 15.5. The van der Waals surface area contributed by atoms with Crippen molar-refractivity contribution >= 4 is 11.9 Å². The maximum Gasteiger partial charge on any atom is 0.307 e. The molecular weight excluding hydrogens is 346 g/mol. The fourth-order valence-corrected chi connectivity index (χ4v) is 2.92. The number of benzene rings is 2. The number of aryl methyl sites for hydroxylation is 2. The minimum Gasteiger partial charge on any atom is -0.469 e. The Bertz CT molecular complexity index is 816. The van der Waals surface area contributed by atoms with E-state index in [1.54, 1.807) is 0 Å². The van der Waals surface area contributed by atoms with Crippen LogP contribution in [0.15, 0.2) is 42.5 Å². The Balaban J connectivity index is 1.61. The number of methoxy groups -OCH3 is 1. The molecule has 0 aliphatic carbocycles. The van der Waals surface area contributed by atoms with Crippen LogP contribution in [0.3, 0.4) is 0 Å². The molecule has 0 spiro atoms. The number of hydrogen-bond donors (Lipinski definition) is 1. The molecule has 1 heterocycles. The van der Waals surface area contributed by atoms with Gasteiger partial charge in [-0.25, -0.2) is 0 Å². The van der Waals surface area contributed by atoms with E-state index in [0.29, 0.717) is 18.6 Å². The summed E-state index contributed by atoms with van der Waals surface area (Å²) < 4.78 is 15.4. The highest BCUT2D eigenvalue weighted by molar-refractivity contribution is 5.78. The van der Waals surface area contributed by atoms with Gasteiger partial charge in [-0.15, -0.1) is 0 Å². The molecule has 3 rings (SSSR count). The molecule has 2 aromatic carbocycles. The highest BCUT2D eigenvalue weighted by Gasteiger charge is 2.19. The van der Waals surface area contributed by atoms with Crippen LogP contribution in [-0.4, -0.2) is 25.8 Å². The summed E-state index contributed by atoms with van der Waals surface area (Å²) in [6.45, 7) is 2.22. The normalized spacial score (nSPS) is 13.1. The summed E-state index contributed by atoms with van der Waals surface area (Å²) in [5, 5.41) is 2.94. The van der Waals surface area contributed by atoms with Gasteiger partial charge in [0, 0.05) is 6.42 Å². The molecule has 6 heteroatoms. The van der Waals surface area contributed by atoms with E-state index < -0.39 is 6.04 Å². The highest BCUT2D eigenvalue weighted by atomic mass is 16.7. The highest BCUT2D eigenvalue weighted by Crippen LogP contribution is 2.32. The monoisotopic (exact) mass is 369 g/mol. The van der Waals surface area contributed by atoms with Gasteiger partial charge in [-0.05, 0) is 36.6 Å². The first kappa shape index (κ1) is 18.8. The first-order chi connectivity index (χ1) is 13.0. The molecule has 142 valence electrons. The molecule has 0 aromatic heterocycles. The Morgan fingerprint density at radius 2 is 1.85 bits per heavy atom. The number of rotatable bonds is 7. The van der Waals surface area contributed by atoms with Gasteiger partial charge in [0.05, 0.1) is 19.6 Å². The summed E-state index contributed by atoms with van der Waals surface area (Å²) in [5.74, 6) is 0.940. The first-order valence-electron chi connectivity index (χ1n) is 8.86. The Morgan fingerprint density at radius 3 is 2.59 bits per heavy atom. The van der Waals surface area contributed by atoms with Gasteiger partial charge in [-0.1, -0.05) is 35.9 Å². The fourth-order valence-electron chi connectivity index (χ4n) is 2.92. The van der Waals surface area contributed by atoms with Crippen LogP contribution in [0.4, 0.5) is 0 Å². The molecule has 1 unspecified atom stereocenters. The minimum atomic E-state index is -0.415. The molecular formula is C21H23NO5. The van der Waals surface area contributed by atoms with Crippen LogP contribution >= 0.6 is 0 Å². The lowest BCUT2D eigenvalue weighted by Crippen LogP contribution is -2.30. The molecule has 1 aliphatic heterocycles. The molecule has 0 fully saturated rings. The molecule has 1 atom stereocenters. The van der Waals surface area contributed by atoms with Crippen LogP contribution in [0, 0.1) is 6.92 Å². The van der Waals surface area contributed by atoms with E-state index in [4.69, 9.17) is 14.2 Å². The second kappa shape index (κ2) is 8.58. The van der Waals surface area contributed by atoms with Gasteiger partial charge >= 0.3 is 5.97 Å². The van der Waals surface area contributed by atoms with E-state index >= 15 is 0 Å². The fraction of sp³-hybridized carbons (Fsp3) is 0.333. The maximum absolute atomic E-state index is 12.5. The van der Waals surface area contributed by atoms with Crippen LogP contribution in [0.1, 0.15) is 35.6 Å². The molecule has 27 heavy (non-hydrogen) atoms. The molecule has 2 aromatic rings. The smallest absolute Gasteiger partial charge is 0.307 e. The Morgan fingerprint density at radius 1 is 1.11 bits per heavy atom. The van der Waals surface area contributed by atoms with Gasteiger partial charge in [0.2, 0.25) is 12.7 Å². The number of esters is 1. The van der Waals surface area contributed by atoms with Crippen LogP contribution in [0.2, 0.25) is 0 Å². The van der Waals surface area contributed by atoms with E-state index in [-0.39, 0.29) is 25.1 Å². The summed E-state index contributed by atoms with van der Waals surface area (Å²) in [4.78, 5) is 24.2. The second-order valence-electron chi connectivity index (χ2n) is 6.50. The number of hydrogen-bond acceptors (Lipinski definition) is 5. The van der Waals surface area contributed by atoms with Crippen molar-refractivity contribution in [1.82, 2.24) is 5.32 Å². The summed E-state index contributed by atoms with van der Waals surface area (Å²) in [6, 6.07) is 13.0. The standard InChI is InChI=1S/C21H23NO5/c1-14-3-7-16(8-4-14)17(12-21(24)25-2)22-20(23)10-6-15-5-9-18-19(11-15)27-13-26-18/h3-5,7-9,11,17H,6,10,12-13H2,1-2H3,(H,22,23). The maximum atomic E-state index is 12.5. The van der Waals surface area contributed by atoms with Gasteiger partial charge in [0.1, 0.15) is 0 Å². The number of fused-ring (bicyclic) bond motifs is 1. The summed E-state index contributed by atoms with van der Waals surface area (Å²) in [6.07, 6.45) is 0.972. The van der Waals surface area contributed by atoms with Crippen molar-refractivity contribution in [3.05, 3.63) is 59.2 Å². The number of ether oxygens (including phenoxy) is 3. The van der Waals surface area contributed by atoms with Crippen molar-refractivity contribution in [2.75, 3.05) is 13.9 Å². The summed E-state index contributed by atoms with van der Waals surface area (Å²) in [5.41, 5.74) is 2.99. The van der Waals surface area contributed by atoms with Crippen LogP contribution in [-0.2, 0) is 20.7 Å². The van der Waals surface area contributed by atoms with Crippen molar-refractivity contribution in [2.45, 2.75) is 32.2 Å². The van der Waals surface area contributed by atoms with Gasteiger partial charge in [0.15, 0.2) is 11.5 Å². The molecule has 0 saturated carbocycles. The average molecular weight is 369 g/mol. The van der Waals surface area contributed by atoms with E-state index in [2.05, 4.69) is 5.32 Å². The molecule has 0 saturated heterocycles. The lowest BCUT2D eigenvalue weighted by Gasteiger charge is -2.18. The number of carbonyl (C=O) groups excluding carboxylic acids is 2. The van der Waals surface area contributed by atoms with Gasteiger partial charge in [-0.2, -0.15) is 0 Å². The third-order valence-electron chi connectivity index (χ3n) is 4.49. The van der Waals surface area contributed by atoms with Crippen molar-refractivity contribution in [3.8, 4) is 11.5 Å². The third kappa shape index (κ3) is 5.00. The molecule has 0 bridgehead atoms. The van der Waals surface area contributed by atoms with Crippen LogP contribution < -0.4 is 14.8 Å². The van der Waals surface area contributed by atoms with Crippen molar-refractivity contribution in [1.29, 1.82) is 0 Å². The third-order valence-corrected chi connectivity index (χ3v) is 4.49. The van der Waals surface area contributed by atoms with E-state index in [9.17, 15) is 9.59 Å². The zero-order valence-corrected chi connectivity index (χ0v) is 15.5. The molecule has 1 amide bonds. The largest absolute Gasteiger partial charge is 0.469 e. The second-order valence-corrected chi connectivity index (χ2v) is 6.50. The van der Waals surface area contributed by atoms with Crippen molar-refractivity contribution in [2.24, 2.45) is 0 Å². The molecule has 0 radical (unpaired) electrons. The van der Waals surface area contributed by atoms with E-state index in [0.717, 1.165) is 22.4 Å². The lowest BCUT2D eigenvalue weighted by atomic mass is 10.0. The van der Waals surface area contributed by atoms with Crippen LogP contribution in [0.5, 0.6) is 11.5 Å². The van der Waals surface area contributed by atoms with Gasteiger partial charge in [0.25, 0.3) is 0 Å². The SMILES string of the molecule is COC(=O)CC(NC(=O)CCc1ccc2c(c1)OCO2)c1ccc(C)cc1. The predicted molar refractivity (Wildman–Crippen MR) is 99.6 cm³/mol. The Labute approximate surface area is 158 Å². The topological polar surface area (TPSA) is 73.9 Å². The Kier molecular flexibility index (Phi) is 5.96. The summed E-state index contributed by atoms with van der Waals surface area (Å²) in [7, 11) is 1.34. The lowest BCUT2D eigenvalue weighted by molar-refractivity contribution is -0.141. The minimum absolute atomic E-state index is 0.0926. The predicted octanol–water partition coefficient (Wildman–Crippen LogP) is 3.08. The zero-order chi connectivity index (χ0) is 19.2. The molecule has 1 N–H and O–H groups in total. The quantitative estimate of drug-likeness (QED) is 0.759. The summed E-state index contributed by atoms with van der Waals surface area (Å²) >= 11 is 0. The van der Waals surface area contributed by atoms with Crippen molar-refractivity contribution < 1.29 is 23.8 Å². The van der Waals surface area contributed by atoms with Gasteiger partial charge in [-0.3, -0.25) is 9.59 Å². The van der Waals surface area contributed by atoms with Crippen LogP contribution in [0.25, 0.3) is 0 Å². The van der Waals surface area contributed by atoms with E-state index in [1.807, 2.05) is 49.4 Å². The molecule has 1 aliphatic rings. The van der Waals surface area contributed by atoms with Crippen molar-refractivity contribution in [3.63, 3.8) is 0 Å². The Hall–Kier alpha value is -3.02. The number of amides is 1. The molecule has 6 nitrogen and oxygen atoms in total. The number of nitrogens with one attached hydrogen (secondary N) is 1. The average Bonchev–Trinajstić information content (AvgIpc) is 3.14. The van der Waals surface area contributed by atoms with E-state index in [1.165, 1.54) is 7.11 Å².